The zero-order valence-corrected chi connectivity index (χ0v) is 19.0. The molecule has 0 aliphatic heterocycles. The number of nitrogens with one attached hydrogen (secondary N) is 2. The molecule has 3 rings (SSSR count). The summed E-state index contributed by atoms with van der Waals surface area (Å²) in [5.74, 6) is -1.36. The molecule has 164 valence electrons. The largest absolute Gasteiger partial charge is 0.488 e. The first-order chi connectivity index (χ1) is 15.4. The Kier molecular flexibility index (Phi) is 8.35. The Morgan fingerprint density at radius 1 is 1.06 bits per heavy atom. The van der Waals surface area contributed by atoms with E-state index in [0.717, 1.165) is 10.0 Å². The fraction of sp³-hybridized carbons (Fsp3) is 0.0870. The Labute approximate surface area is 197 Å². The van der Waals surface area contributed by atoms with E-state index in [4.69, 9.17) is 16.3 Å². The van der Waals surface area contributed by atoms with Crippen LogP contribution in [0.25, 0.3) is 0 Å². The van der Waals surface area contributed by atoms with Crippen LogP contribution in [0, 0.1) is 5.82 Å². The van der Waals surface area contributed by atoms with E-state index in [1.54, 1.807) is 24.3 Å². The average Bonchev–Trinajstić information content (AvgIpc) is 2.76. The number of ether oxygens (including phenoxy) is 1. The normalized spacial score (nSPS) is 10.7. The van der Waals surface area contributed by atoms with Gasteiger partial charge in [-0.05, 0) is 36.4 Å². The summed E-state index contributed by atoms with van der Waals surface area (Å²) >= 11 is 9.55. The van der Waals surface area contributed by atoms with Crippen LogP contribution in [-0.4, -0.2) is 18.0 Å². The molecule has 0 fully saturated rings. The van der Waals surface area contributed by atoms with Gasteiger partial charge in [0.05, 0.1) is 11.9 Å². The van der Waals surface area contributed by atoms with Gasteiger partial charge in [0.2, 0.25) is 11.8 Å². The number of amides is 2. The van der Waals surface area contributed by atoms with E-state index in [1.807, 2.05) is 24.3 Å². The standard InChI is InChI=1S/C23H18BrClFN3O3/c24-17-9-10-21(32-14-15-5-1-2-6-18(15)25)16(11-17)13-27-29-23(31)12-22(30)28-20-8-4-3-7-19(20)26/h1-11,13H,12,14H2,(H,28,30)(H,29,31). The lowest BCUT2D eigenvalue weighted by molar-refractivity contribution is -0.126. The zero-order chi connectivity index (χ0) is 22.9. The SMILES string of the molecule is O=C(CC(=O)Nc1ccccc1F)NN=Cc1cc(Br)ccc1OCc1ccccc1Cl. The first-order valence-corrected chi connectivity index (χ1v) is 10.6. The van der Waals surface area contributed by atoms with E-state index >= 15 is 0 Å². The van der Waals surface area contributed by atoms with Crippen molar-refractivity contribution >= 4 is 51.2 Å². The van der Waals surface area contributed by atoms with E-state index in [1.165, 1.54) is 24.4 Å². The third-order valence-electron chi connectivity index (χ3n) is 4.17. The fourth-order valence-electron chi connectivity index (χ4n) is 2.64. The Morgan fingerprint density at radius 2 is 1.81 bits per heavy atom. The van der Waals surface area contributed by atoms with Crippen LogP contribution >= 0.6 is 27.5 Å². The minimum Gasteiger partial charge on any atom is -0.488 e. The van der Waals surface area contributed by atoms with Crippen LogP contribution in [0.4, 0.5) is 10.1 Å². The van der Waals surface area contributed by atoms with Gasteiger partial charge in [0.15, 0.2) is 0 Å². The summed E-state index contributed by atoms with van der Waals surface area (Å²) in [5.41, 5.74) is 3.71. The molecule has 6 nitrogen and oxygen atoms in total. The Morgan fingerprint density at radius 3 is 2.59 bits per heavy atom. The first-order valence-electron chi connectivity index (χ1n) is 9.44. The Hall–Kier alpha value is -3.23. The van der Waals surface area contributed by atoms with Crippen molar-refractivity contribution in [1.82, 2.24) is 5.43 Å². The van der Waals surface area contributed by atoms with E-state index in [-0.39, 0.29) is 12.3 Å². The van der Waals surface area contributed by atoms with Gasteiger partial charge in [0.25, 0.3) is 0 Å². The summed E-state index contributed by atoms with van der Waals surface area (Å²) < 4.78 is 20.2. The van der Waals surface area contributed by atoms with Crippen LogP contribution in [0.3, 0.4) is 0 Å². The van der Waals surface area contributed by atoms with Gasteiger partial charge in [-0.3, -0.25) is 9.59 Å². The molecule has 0 bridgehead atoms. The van der Waals surface area contributed by atoms with E-state index in [0.29, 0.717) is 16.3 Å². The van der Waals surface area contributed by atoms with Crippen LogP contribution in [0.1, 0.15) is 17.5 Å². The minimum atomic E-state index is -0.658. The highest BCUT2D eigenvalue weighted by atomic mass is 79.9. The number of hydrazone groups is 1. The maximum Gasteiger partial charge on any atom is 0.249 e. The number of hydrogen-bond donors (Lipinski definition) is 2. The van der Waals surface area contributed by atoms with Crippen LogP contribution in [0.5, 0.6) is 5.75 Å². The zero-order valence-electron chi connectivity index (χ0n) is 16.6. The van der Waals surface area contributed by atoms with E-state index in [9.17, 15) is 14.0 Å². The lowest BCUT2D eigenvalue weighted by Gasteiger charge is -2.10. The van der Waals surface area contributed by atoms with Crippen LogP contribution in [0.15, 0.2) is 76.3 Å². The van der Waals surface area contributed by atoms with Crippen LogP contribution in [0.2, 0.25) is 5.02 Å². The molecule has 0 heterocycles. The summed E-state index contributed by atoms with van der Waals surface area (Å²) in [6.45, 7) is 0.255. The number of hydrogen-bond acceptors (Lipinski definition) is 4. The van der Waals surface area contributed by atoms with Crippen molar-refractivity contribution in [2.24, 2.45) is 5.10 Å². The number of rotatable bonds is 8. The van der Waals surface area contributed by atoms with Crippen molar-refractivity contribution in [3.05, 3.63) is 93.2 Å². The first kappa shape index (κ1) is 23.4. The highest BCUT2D eigenvalue weighted by Gasteiger charge is 2.11. The molecular formula is C23H18BrClFN3O3. The van der Waals surface area contributed by atoms with E-state index < -0.39 is 24.1 Å². The Balaban J connectivity index is 1.57. The molecule has 0 atom stereocenters. The molecule has 0 unspecified atom stereocenters. The number of anilines is 1. The molecule has 0 saturated heterocycles. The maximum absolute atomic E-state index is 13.6. The van der Waals surface area contributed by atoms with Gasteiger partial charge in [-0.15, -0.1) is 0 Å². The second-order valence-corrected chi connectivity index (χ2v) is 7.88. The average molecular weight is 519 g/mol. The van der Waals surface area contributed by atoms with Crippen molar-refractivity contribution in [2.45, 2.75) is 13.0 Å². The van der Waals surface area contributed by atoms with Crippen molar-refractivity contribution < 1.29 is 18.7 Å². The Bertz CT molecular complexity index is 1160. The molecule has 3 aromatic rings. The monoisotopic (exact) mass is 517 g/mol. The summed E-state index contributed by atoms with van der Waals surface area (Å²) in [7, 11) is 0. The minimum absolute atomic E-state index is 0.00301. The molecule has 0 aliphatic carbocycles. The predicted octanol–water partition coefficient (Wildman–Crippen LogP) is 5.30. The molecule has 0 spiro atoms. The molecule has 2 amide bonds. The molecule has 0 saturated carbocycles. The summed E-state index contributed by atoms with van der Waals surface area (Å²) in [6.07, 6.45) is 0.888. The molecule has 3 aromatic carbocycles. The highest BCUT2D eigenvalue weighted by molar-refractivity contribution is 9.10. The van der Waals surface area contributed by atoms with Gasteiger partial charge < -0.3 is 10.1 Å². The molecule has 0 radical (unpaired) electrons. The lowest BCUT2D eigenvalue weighted by Crippen LogP contribution is -2.25. The smallest absolute Gasteiger partial charge is 0.249 e. The summed E-state index contributed by atoms with van der Waals surface area (Å²) in [5, 5.41) is 6.82. The molecule has 2 N–H and O–H groups in total. The number of nitrogens with zero attached hydrogens (tertiary/aromatic N) is 1. The molecule has 9 heteroatoms. The van der Waals surface area contributed by atoms with Gasteiger partial charge in [-0.1, -0.05) is 57.9 Å². The fourth-order valence-corrected chi connectivity index (χ4v) is 3.21. The van der Waals surface area contributed by atoms with Gasteiger partial charge in [-0.25, -0.2) is 9.82 Å². The van der Waals surface area contributed by atoms with E-state index in [2.05, 4.69) is 31.8 Å². The van der Waals surface area contributed by atoms with Crippen molar-refractivity contribution in [3.63, 3.8) is 0 Å². The van der Waals surface area contributed by atoms with Crippen molar-refractivity contribution in [1.29, 1.82) is 0 Å². The van der Waals surface area contributed by atoms with Gasteiger partial charge >= 0.3 is 0 Å². The quantitative estimate of drug-likeness (QED) is 0.241. The van der Waals surface area contributed by atoms with Gasteiger partial charge in [-0.2, -0.15) is 5.10 Å². The molecule has 32 heavy (non-hydrogen) atoms. The third-order valence-corrected chi connectivity index (χ3v) is 5.04. The second kappa shape index (κ2) is 11.4. The van der Waals surface area contributed by atoms with Crippen LogP contribution < -0.4 is 15.5 Å². The highest BCUT2D eigenvalue weighted by Crippen LogP contribution is 2.24. The van der Waals surface area contributed by atoms with Crippen molar-refractivity contribution in [3.8, 4) is 5.75 Å². The number of benzene rings is 3. The topological polar surface area (TPSA) is 79.8 Å². The number of carbonyl (C=O) groups is 2. The molecule has 0 aromatic heterocycles. The third kappa shape index (κ3) is 6.90. The number of carbonyl (C=O) groups excluding carboxylic acids is 2. The van der Waals surface area contributed by atoms with Crippen molar-refractivity contribution in [2.75, 3.05) is 5.32 Å². The maximum atomic E-state index is 13.6. The van der Waals surface area contributed by atoms with Gasteiger partial charge in [0, 0.05) is 20.6 Å². The number of halogens is 3. The number of para-hydroxylation sites is 1. The summed E-state index contributed by atoms with van der Waals surface area (Å²) in [6, 6.07) is 18.4. The van der Waals surface area contributed by atoms with Gasteiger partial charge in [0.1, 0.15) is 24.6 Å². The van der Waals surface area contributed by atoms with Crippen LogP contribution in [-0.2, 0) is 16.2 Å². The lowest BCUT2D eigenvalue weighted by atomic mass is 10.2. The summed E-state index contributed by atoms with van der Waals surface area (Å²) in [4.78, 5) is 23.9. The molecular weight excluding hydrogens is 501 g/mol. The second-order valence-electron chi connectivity index (χ2n) is 6.56. The molecule has 0 aliphatic rings. The predicted molar refractivity (Wildman–Crippen MR) is 125 cm³/mol.